The van der Waals surface area contributed by atoms with Crippen molar-refractivity contribution in [3.8, 4) is 0 Å². The summed E-state index contributed by atoms with van der Waals surface area (Å²) in [5, 5.41) is 0. The van der Waals surface area contributed by atoms with Crippen LogP contribution in [-0.4, -0.2) is 64.6 Å². The summed E-state index contributed by atoms with van der Waals surface area (Å²) in [4.78, 5) is 24.0. The van der Waals surface area contributed by atoms with Crippen molar-refractivity contribution < 1.29 is 4.74 Å². The van der Waals surface area contributed by atoms with E-state index in [1.165, 1.54) is 19.3 Å². The highest BCUT2D eigenvalue weighted by atomic mass is 32.1. The molecule has 2 aliphatic heterocycles. The van der Waals surface area contributed by atoms with Crippen molar-refractivity contribution in [2.45, 2.75) is 38.8 Å². The third-order valence-electron chi connectivity index (χ3n) is 5.22. The fourth-order valence-electron chi connectivity index (χ4n) is 3.90. The molecule has 4 rings (SSSR count). The quantitative estimate of drug-likeness (QED) is 0.829. The van der Waals surface area contributed by atoms with Gasteiger partial charge in [0.1, 0.15) is 0 Å². The van der Waals surface area contributed by atoms with Crippen molar-refractivity contribution in [2.75, 3.05) is 39.4 Å². The zero-order valence-electron chi connectivity index (χ0n) is 14.8. The Labute approximate surface area is 152 Å². The van der Waals surface area contributed by atoms with E-state index in [1.807, 2.05) is 13.1 Å². The summed E-state index contributed by atoms with van der Waals surface area (Å²) in [6.45, 7) is 8.75. The van der Waals surface area contributed by atoms with Gasteiger partial charge in [-0.1, -0.05) is 6.42 Å². The number of fused-ring (bicyclic) bond motifs is 1. The van der Waals surface area contributed by atoms with E-state index in [-0.39, 0.29) is 5.56 Å². The van der Waals surface area contributed by atoms with E-state index in [9.17, 15) is 4.79 Å². The van der Waals surface area contributed by atoms with E-state index in [4.69, 9.17) is 9.72 Å². The fourth-order valence-corrected chi connectivity index (χ4v) is 4.75. The maximum atomic E-state index is 12.3. The summed E-state index contributed by atoms with van der Waals surface area (Å²) in [7, 11) is 0. The second-order valence-corrected chi connectivity index (χ2v) is 8.33. The Morgan fingerprint density at radius 2 is 2.12 bits per heavy atom. The number of thiazole rings is 1. The Balaban J connectivity index is 1.50. The number of hydrogen-bond acceptors (Lipinski definition) is 6. The fraction of sp³-hybridized carbons (Fsp3) is 0.667. The Bertz CT molecular complexity index is 781. The SMILES string of the molecule is Cc1cn2c(=O)cc(CN3CCCC[C@H]3CN3CCOCC3)nc2s1. The van der Waals surface area contributed by atoms with Crippen LogP contribution in [0.1, 0.15) is 29.8 Å². The highest BCUT2D eigenvalue weighted by Crippen LogP contribution is 2.21. The second-order valence-electron chi connectivity index (χ2n) is 7.11. The van der Waals surface area contributed by atoms with Gasteiger partial charge >= 0.3 is 0 Å². The maximum Gasteiger partial charge on any atom is 0.258 e. The first kappa shape index (κ1) is 17.1. The van der Waals surface area contributed by atoms with Gasteiger partial charge in [0.15, 0.2) is 4.96 Å². The minimum atomic E-state index is 0.0334. The highest BCUT2D eigenvalue weighted by molar-refractivity contribution is 7.16. The Hall–Kier alpha value is -1.28. The lowest BCUT2D eigenvalue weighted by Gasteiger charge is -2.39. The molecule has 2 aliphatic rings. The van der Waals surface area contributed by atoms with Crippen LogP contribution in [0.15, 0.2) is 17.1 Å². The molecular formula is C18H26N4O2S. The minimum Gasteiger partial charge on any atom is -0.379 e. The first-order chi connectivity index (χ1) is 12.2. The number of aryl methyl sites for hydroxylation is 1. The van der Waals surface area contributed by atoms with Crippen LogP contribution in [0, 0.1) is 6.92 Å². The van der Waals surface area contributed by atoms with Gasteiger partial charge in [-0.05, 0) is 26.3 Å². The van der Waals surface area contributed by atoms with Crippen molar-refractivity contribution >= 4 is 16.3 Å². The van der Waals surface area contributed by atoms with Crippen molar-refractivity contribution in [1.82, 2.24) is 19.2 Å². The van der Waals surface area contributed by atoms with Crippen LogP contribution in [-0.2, 0) is 11.3 Å². The molecule has 136 valence electrons. The average molecular weight is 362 g/mol. The van der Waals surface area contributed by atoms with Gasteiger partial charge < -0.3 is 4.74 Å². The molecule has 6 nitrogen and oxygen atoms in total. The minimum absolute atomic E-state index is 0.0334. The summed E-state index contributed by atoms with van der Waals surface area (Å²) < 4.78 is 7.12. The summed E-state index contributed by atoms with van der Waals surface area (Å²) in [6, 6.07) is 2.26. The number of morpholine rings is 1. The Morgan fingerprint density at radius 1 is 1.28 bits per heavy atom. The summed E-state index contributed by atoms with van der Waals surface area (Å²) in [5.41, 5.74) is 0.937. The highest BCUT2D eigenvalue weighted by Gasteiger charge is 2.26. The largest absolute Gasteiger partial charge is 0.379 e. The molecule has 0 aliphatic carbocycles. The van der Waals surface area contributed by atoms with Gasteiger partial charge in [-0.15, -0.1) is 11.3 Å². The molecular weight excluding hydrogens is 336 g/mol. The van der Waals surface area contributed by atoms with E-state index in [2.05, 4.69) is 9.80 Å². The normalized spacial score (nSPS) is 23.3. The number of rotatable bonds is 4. The Morgan fingerprint density at radius 3 is 2.96 bits per heavy atom. The molecule has 0 N–H and O–H groups in total. The molecule has 4 heterocycles. The molecule has 0 radical (unpaired) electrons. The van der Waals surface area contributed by atoms with E-state index >= 15 is 0 Å². The summed E-state index contributed by atoms with van der Waals surface area (Å²) >= 11 is 1.58. The van der Waals surface area contributed by atoms with Crippen molar-refractivity contribution in [3.05, 3.63) is 33.2 Å². The van der Waals surface area contributed by atoms with E-state index in [0.29, 0.717) is 6.04 Å². The lowest BCUT2D eigenvalue weighted by Crippen LogP contribution is -2.49. The number of nitrogens with zero attached hydrogens (tertiary/aromatic N) is 4. The zero-order valence-corrected chi connectivity index (χ0v) is 15.6. The standard InChI is InChI=1S/C18H26N4O2S/c1-14-11-22-17(23)10-15(19-18(22)25-14)12-21-5-3-2-4-16(21)13-20-6-8-24-9-7-20/h10-11,16H,2-9,12-13H2,1H3/t16-/m0/s1. The lowest BCUT2D eigenvalue weighted by atomic mass is 10.0. The van der Waals surface area contributed by atoms with Crippen LogP contribution in [0.4, 0.5) is 0 Å². The van der Waals surface area contributed by atoms with Gasteiger partial charge in [0.05, 0.1) is 18.9 Å². The molecule has 2 fully saturated rings. The molecule has 0 bridgehead atoms. The topological polar surface area (TPSA) is 50.1 Å². The second kappa shape index (κ2) is 7.53. The lowest BCUT2D eigenvalue weighted by molar-refractivity contribution is 0.0151. The molecule has 0 amide bonds. The van der Waals surface area contributed by atoms with Crippen molar-refractivity contribution in [3.63, 3.8) is 0 Å². The van der Waals surface area contributed by atoms with Gasteiger partial charge in [0, 0.05) is 49.4 Å². The number of likely N-dealkylation sites (tertiary alicyclic amines) is 1. The number of piperidine rings is 1. The van der Waals surface area contributed by atoms with Gasteiger partial charge in [-0.25, -0.2) is 4.98 Å². The van der Waals surface area contributed by atoms with E-state index in [1.54, 1.807) is 21.8 Å². The number of aromatic nitrogens is 2. The molecule has 2 saturated heterocycles. The molecule has 0 unspecified atom stereocenters. The smallest absolute Gasteiger partial charge is 0.258 e. The van der Waals surface area contributed by atoms with Crippen molar-refractivity contribution in [1.29, 1.82) is 0 Å². The molecule has 2 aromatic rings. The van der Waals surface area contributed by atoms with Crippen LogP contribution in [0.2, 0.25) is 0 Å². The third-order valence-corrected chi connectivity index (χ3v) is 6.12. The van der Waals surface area contributed by atoms with Gasteiger partial charge in [-0.2, -0.15) is 0 Å². The third kappa shape index (κ3) is 3.95. The van der Waals surface area contributed by atoms with Crippen LogP contribution < -0.4 is 5.56 Å². The van der Waals surface area contributed by atoms with Gasteiger partial charge in [0.2, 0.25) is 0 Å². The van der Waals surface area contributed by atoms with Gasteiger partial charge in [0.25, 0.3) is 5.56 Å². The molecule has 1 atom stereocenters. The summed E-state index contributed by atoms with van der Waals surface area (Å²) in [5.74, 6) is 0. The first-order valence-electron chi connectivity index (χ1n) is 9.22. The molecule has 7 heteroatoms. The van der Waals surface area contributed by atoms with E-state index in [0.717, 1.165) is 61.5 Å². The zero-order chi connectivity index (χ0) is 17.2. The first-order valence-corrected chi connectivity index (χ1v) is 10.0. The number of ether oxygens (including phenoxy) is 1. The molecule has 0 aromatic carbocycles. The molecule has 0 spiro atoms. The predicted molar refractivity (Wildman–Crippen MR) is 99.4 cm³/mol. The predicted octanol–water partition coefficient (Wildman–Crippen LogP) is 1.75. The van der Waals surface area contributed by atoms with Crippen LogP contribution in [0.25, 0.3) is 4.96 Å². The summed E-state index contributed by atoms with van der Waals surface area (Å²) in [6.07, 6.45) is 5.64. The monoisotopic (exact) mass is 362 g/mol. The maximum absolute atomic E-state index is 12.3. The van der Waals surface area contributed by atoms with Crippen molar-refractivity contribution in [2.24, 2.45) is 0 Å². The van der Waals surface area contributed by atoms with Crippen LogP contribution >= 0.6 is 11.3 Å². The molecule has 0 saturated carbocycles. The van der Waals surface area contributed by atoms with Crippen LogP contribution in [0.3, 0.4) is 0 Å². The molecule has 2 aromatic heterocycles. The van der Waals surface area contributed by atoms with Gasteiger partial charge in [-0.3, -0.25) is 19.0 Å². The van der Waals surface area contributed by atoms with E-state index < -0.39 is 0 Å². The van der Waals surface area contributed by atoms with Crippen LogP contribution in [0.5, 0.6) is 0 Å². The average Bonchev–Trinajstić information content (AvgIpc) is 2.99. The Kier molecular flexibility index (Phi) is 5.17. The number of hydrogen-bond donors (Lipinski definition) is 0. The molecule has 25 heavy (non-hydrogen) atoms.